The zero-order chi connectivity index (χ0) is 17.2. The summed E-state index contributed by atoms with van der Waals surface area (Å²) in [7, 11) is 0. The fraction of sp³-hybridized carbons (Fsp3) is 0.412. The molecule has 1 aliphatic carbocycles. The van der Waals surface area contributed by atoms with E-state index < -0.39 is 12.1 Å². The van der Waals surface area contributed by atoms with Gasteiger partial charge in [0.1, 0.15) is 5.69 Å². The Hall–Kier alpha value is -2.31. The first kappa shape index (κ1) is 16.5. The van der Waals surface area contributed by atoms with Crippen LogP contribution in [0.15, 0.2) is 34.7 Å². The maximum Gasteiger partial charge on any atom is 0.471 e. The Bertz CT molecular complexity index is 704. The van der Waals surface area contributed by atoms with Crippen LogP contribution in [0.4, 0.5) is 19.1 Å². The molecule has 1 aromatic carbocycles. The average molecular weight is 338 g/mol. The van der Waals surface area contributed by atoms with Gasteiger partial charge in [-0.2, -0.15) is 13.2 Å². The van der Waals surface area contributed by atoms with Crippen molar-refractivity contribution in [3.8, 4) is 11.3 Å². The van der Waals surface area contributed by atoms with Crippen LogP contribution in [0, 0.1) is 0 Å². The lowest BCUT2D eigenvalue weighted by Gasteiger charge is -2.17. The molecule has 1 fully saturated rings. The zero-order valence-electron chi connectivity index (χ0n) is 12.9. The van der Waals surface area contributed by atoms with Crippen molar-refractivity contribution in [2.24, 2.45) is 0 Å². The predicted octanol–water partition coefficient (Wildman–Crippen LogP) is 4.89. The number of nitrogens with zero attached hydrogens (tertiary/aromatic N) is 1. The van der Waals surface area contributed by atoms with Gasteiger partial charge in [-0.05, 0) is 12.8 Å². The van der Waals surface area contributed by atoms with Gasteiger partial charge in [-0.25, -0.2) is 4.98 Å². The highest BCUT2D eigenvalue weighted by Gasteiger charge is 2.40. The smallest absolute Gasteiger partial charge is 0.424 e. The molecule has 4 nitrogen and oxygen atoms in total. The normalized spacial score (nSPS) is 16.1. The van der Waals surface area contributed by atoms with Crippen LogP contribution >= 0.6 is 0 Å². The summed E-state index contributed by atoms with van der Waals surface area (Å²) >= 11 is 0. The SMILES string of the molecule is O=C(Nc1oc(C2CCCCC2)nc1-c1ccccc1)C(F)(F)F. The lowest BCUT2D eigenvalue weighted by molar-refractivity contribution is -0.167. The van der Waals surface area contributed by atoms with Crippen molar-refractivity contribution >= 4 is 11.8 Å². The summed E-state index contributed by atoms with van der Waals surface area (Å²) < 4.78 is 43.2. The minimum Gasteiger partial charge on any atom is -0.424 e. The number of carbonyl (C=O) groups excluding carboxylic acids is 1. The van der Waals surface area contributed by atoms with E-state index in [4.69, 9.17) is 4.42 Å². The number of benzene rings is 1. The lowest BCUT2D eigenvalue weighted by Crippen LogP contribution is -2.29. The van der Waals surface area contributed by atoms with Gasteiger partial charge < -0.3 is 4.42 Å². The van der Waals surface area contributed by atoms with E-state index in [1.165, 1.54) is 0 Å². The second kappa shape index (κ2) is 6.67. The van der Waals surface area contributed by atoms with Gasteiger partial charge in [0.15, 0.2) is 0 Å². The Kier molecular flexibility index (Phi) is 4.59. The first-order valence-corrected chi connectivity index (χ1v) is 7.89. The molecule has 1 amide bonds. The molecule has 128 valence electrons. The van der Waals surface area contributed by atoms with Crippen LogP contribution in [-0.4, -0.2) is 17.1 Å². The van der Waals surface area contributed by atoms with E-state index in [9.17, 15) is 18.0 Å². The van der Waals surface area contributed by atoms with Crippen LogP contribution in [0.5, 0.6) is 0 Å². The number of carbonyl (C=O) groups is 1. The van der Waals surface area contributed by atoms with Gasteiger partial charge in [-0.3, -0.25) is 10.1 Å². The van der Waals surface area contributed by atoms with Crippen LogP contribution in [-0.2, 0) is 4.79 Å². The van der Waals surface area contributed by atoms with E-state index in [2.05, 4.69) is 4.98 Å². The third-order valence-electron chi connectivity index (χ3n) is 4.13. The first-order chi connectivity index (χ1) is 11.4. The summed E-state index contributed by atoms with van der Waals surface area (Å²) in [4.78, 5) is 15.7. The van der Waals surface area contributed by atoms with Crippen LogP contribution in [0.2, 0.25) is 0 Å². The highest BCUT2D eigenvalue weighted by atomic mass is 19.4. The lowest BCUT2D eigenvalue weighted by atomic mass is 9.89. The van der Waals surface area contributed by atoms with Crippen molar-refractivity contribution in [3.05, 3.63) is 36.2 Å². The quantitative estimate of drug-likeness (QED) is 0.867. The molecule has 0 unspecified atom stereocenters. The van der Waals surface area contributed by atoms with Crippen molar-refractivity contribution in [3.63, 3.8) is 0 Å². The van der Waals surface area contributed by atoms with Gasteiger partial charge in [0, 0.05) is 11.5 Å². The minimum atomic E-state index is -4.98. The summed E-state index contributed by atoms with van der Waals surface area (Å²) in [6, 6.07) is 8.72. The Morgan fingerprint density at radius 3 is 2.42 bits per heavy atom. The van der Waals surface area contributed by atoms with E-state index in [0.717, 1.165) is 32.1 Å². The second-order valence-electron chi connectivity index (χ2n) is 5.88. The van der Waals surface area contributed by atoms with Gasteiger partial charge in [0.25, 0.3) is 0 Å². The first-order valence-electron chi connectivity index (χ1n) is 7.89. The van der Waals surface area contributed by atoms with Gasteiger partial charge in [-0.15, -0.1) is 0 Å². The molecule has 0 aliphatic heterocycles. The van der Waals surface area contributed by atoms with Crippen molar-refractivity contribution in [1.82, 2.24) is 4.98 Å². The number of halogens is 3. The number of nitrogens with one attached hydrogen (secondary N) is 1. The van der Waals surface area contributed by atoms with E-state index in [-0.39, 0.29) is 17.5 Å². The van der Waals surface area contributed by atoms with E-state index in [1.54, 1.807) is 30.3 Å². The van der Waals surface area contributed by atoms with Crippen LogP contribution in [0.3, 0.4) is 0 Å². The molecule has 1 heterocycles. The molecule has 2 aromatic rings. The molecule has 7 heteroatoms. The Morgan fingerprint density at radius 1 is 1.12 bits per heavy atom. The third-order valence-corrected chi connectivity index (χ3v) is 4.13. The second-order valence-corrected chi connectivity index (χ2v) is 5.88. The largest absolute Gasteiger partial charge is 0.471 e. The standard InChI is InChI=1S/C17H17F3N2O2/c18-17(19,20)16(23)22-15-13(11-7-3-1-4-8-11)21-14(24-15)12-9-5-2-6-10-12/h1,3-4,7-8,12H,2,5-6,9-10H2,(H,22,23). The molecule has 0 radical (unpaired) electrons. The molecule has 0 spiro atoms. The van der Waals surface area contributed by atoms with Gasteiger partial charge >= 0.3 is 12.1 Å². The molecule has 1 aromatic heterocycles. The molecular formula is C17H17F3N2O2. The number of amides is 1. The van der Waals surface area contributed by atoms with Crippen molar-refractivity contribution in [2.45, 2.75) is 44.2 Å². The monoisotopic (exact) mass is 338 g/mol. The Labute approximate surface area is 137 Å². The third kappa shape index (κ3) is 3.60. The summed E-state index contributed by atoms with van der Waals surface area (Å²) in [6.07, 6.45) is 0.0187. The fourth-order valence-electron chi connectivity index (χ4n) is 2.91. The summed E-state index contributed by atoms with van der Waals surface area (Å²) in [5.41, 5.74) is 0.828. The Balaban J connectivity index is 1.95. The molecule has 3 rings (SSSR count). The summed E-state index contributed by atoms with van der Waals surface area (Å²) in [5.74, 6) is -1.83. The number of oxazole rings is 1. The molecule has 0 atom stereocenters. The van der Waals surface area contributed by atoms with Crippen LogP contribution < -0.4 is 5.32 Å². The highest BCUT2D eigenvalue weighted by Crippen LogP contribution is 2.37. The molecule has 1 aliphatic rings. The van der Waals surface area contributed by atoms with Crippen molar-refractivity contribution < 1.29 is 22.4 Å². The minimum absolute atomic E-state index is 0.0813. The van der Waals surface area contributed by atoms with Gasteiger partial charge in [-0.1, -0.05) is 49.6 Å². The number of hydrogen-bond donors (Lipinski definition) is 1. The molecule has 1 N–H and O–H groups in total. The molecule has 1 saturated carbocycles. The number of anilines is 1. The van der Waals surface area contributed by atoms with Crippen LogP contribution in [0.25, 0.3) is 11.3 Å². The number of hydrogen-bond acceptors (Lipinski definition) is 3. The van der Waals surface area contributed by atoms with E-state index in [1.807, 2.05) is 5.32 Å². The van der Waals surface area contributed by atoms with Crippen LogP contribution in [0.1, 0.15) is 43.9 Å². The zero-order valence-corrected chi connectivity index (χ0v) is 12.9. The van der Waals surface area contributed by atoms with E-state index >= 15 is 0 Å². The van der Waals surface area contributed by atoms with Gasteiger partial charge in [0.05, 0.1) is 0 Å². The van der Waals surface area contributed by atoms with E-state index in [0.29, 0.717) is 11.5 Å². The number of aromatic nitrogens is 1. The predicted molar refractivity (Wildman–Crippen MR) is 82.4 cm³/mol. The van der Waals surface area contributed by atoms with Crippen molar-refractivity contribution in [2.75, 3.05) is 5.32 Å². The molecule has 0 bridgehead atoms. The number of rotatable bonds is 3. The number of alkyl halides is 3. The Morgan fingerprint density at radius 2 is 1.79 bits per heavy atom. The average Bonchev–Trinajstić information content (AvgIpc) is 2.99. The molecule has 24 heavy (non-hydrogen) atoms. The topological polar surface area (TPSA) is 55.1 Å². The highest BCUT2D eigenvalue weighted by molar-refractivity contribution is 5.96. The maximum atomic E-state index is 12.6. The van der Waals surface area contributed by atoms with Gasteiger partial charge in [0.2, 0.25) is 11.8 Å². The maximum absolute atomic E-state index is 12.6. The molecule has 0 saturated heterocycles. The summed E-state index contributed by atoms with van der Waals surface area (Å²) in [5, 5.41) is 1.82. The van der Waals surface area contributed by atoms with Crippen molar-refractivity contribution in [1.29, 1.82) is 0 Å². The summed E-state index contributed by atoms with van der Waals surface area (Å²) in [6.45, 7) is 0. The fourth-order valence-corrected chi connectivity index (χ4v) is 2.91. The molecular weight excluding hydrogens is 321 g/mol.